The van der Waals surface area contributed by atoms with Crippen molar-refractivity contribution >= 4 is 5.91 Å². The predicted molar refractivity (Wildman–Crippen MR) is 98.9 cm³/mol. The Morgan fingerprint density at radius 3 is 2.79 bits per heavy atom. The van der Waals surface area contributed by atoms with Crippen molar-refractivity contribution in [3.05, 3.63) is 60.6 Å². The molecule has 144 valence electrons. The number of nitrogens with one attached hydrogen (secondary N) is 1. The van der Waals surface area contributed by atoms with Gasteiger partial charge in [-0.1, -0.05) is 6.07 Å². The number of methoxy groups -OCH3 is 1. The van der Waals surface area contributed by atoms with Crippen molar-refractivity contribution in [2.45, 2.75) is 25.0 Å². The minimum atomic E-state index is -0.335. The molecule has 1 unspecified atom stereocenters. The highest BCUT2D eigenvalue weighted by Crippen LogP contribution is 2.38. The van der Waals surface area contributed by atoms with Gasteiger partial charge in [0.05, 0.1) is 25.5 Å². The van der Waals surface area contributed by atoms with Crippen LogP contribution in [0, 0.1) is 5.92 Å². The average molecular weight is 380 g/mol. The molecule has 1 aliphatic rings. The number of aliphatic hydroxyl groups excluding tert-OH is 1. The summed E-state index contributed by atoms with van der Waals surface area (Å²) in [6.07, 6.45) is 7.27. The van der Waals surface area contributed by atoms with Crippen molar-refractivity contribution < 1.29 is 14.6 Å². The lowest BCUT2D eigenvalue weighted by molar-refractivity contribution is 0.0234. The van der Waals surface area contributed by atoms with Crippen LogP contribution in [0.1, 0.15) is 34.9 Å². The molecule has 4 rings (SSSR count). The zero-order valence-corrected chi connectivity index (χ0v) is 15.3. The molecule has 0 bridgehead atoms. The van der Waals surface area contributed by atoms with Crippen LogP contribution in [0.5, 0.6) is 5.75 Å². The van der Waals surface area contributed by atoms with Crippen LogP contribution in [0.3, 0.4) is 0 Å². The molecule has 1 atom stereocenters. The first-order chi connectivity index (χ1) is 13.6. The Labute approximate surface area is 161 Å². The molecule has 3 aromatic heterocycles. The van der Waals surface area contributed by atoms with Crippen molar-refractivity contribution in [2.75, 3.05) is 7.11 Å². The van der Waals surface area contributed by atoms with Crippen LogP contribution < -0.4 is 10.1 Å². The Hall–Kier alpha value is -3.33. The second-order valence-electron chi connectivity index (χ2n) is 6.74. The highest BCUT2D eigenvalue weighted by atomic mass is 16.5. The number of aromatic nitrogens is 5. The van der Waals surface area contributed by atoms with Gasteiger partial charge in [-0.15, -0.1) is 10.2 Å². The Morgan fingerprint density at radius 2 is 2.07 bits per heavy atom. The van der Waals surface area contributed by atoms with Crippen LogP contribution in [-0.4, -0.2) is 49.0 Å². The van der Waals surface area contributed by atoms with Gasteiger partial charge in [0.1, 0.15) is 29.9 Å². The molecule has 1 amide bonds. The monoisotopic (exact) mass is 380 g/mol. The lowest BCUT2D eigenvalue weighted by Crippen LogP contribution is -2.41. The molecule has 0 spiro atoms. The van der Waals surface area contributed by atoms with Crippen LogP contribution in [0.15, 0.2) is 49.3 Å². The van der Waals surface area contributed by atoms with Gasteiger partial charge >= 0.3 is 0 Å². The van der Waals surface area contributed by atoms with Crippen LogP contribution in [0.25, 0.3) is 5.82 Å². The summed E-state index contributed by atoms with van der Waals surface area (Å²) < 4.78 is 6.88. The lowest BCUT2D eigenvalue weighted by atomic mass is 9.75. The second-order valence-corrected chi connectivity index (χ2v) is 6.74. The molecule has 1 aliphatic carbocycles. The van der Waals surface area contributed by atoms with Gasteiger partial charge in [-0.25, -0.2) is 4.98 Å². The zero-order valence-electron chi connectivity index (χ0n) is 15.3. The highest BCUT2D eigenvalue weighted by molar-refractivity contribution is 5.92. The summed E-state index contributed by atoms with van der Waals surface area (Å²) in [5.41, 5.74) is 1.12. The van der Waals surface area contributed by atoms with Crippen molar-refractivity contribution in [3.8, 4) is 11.6 Å². The molecule has 0 aromatic carbocycles. The van der Waals surface area contributed by atoms with E-state index in [1.807, 2.05) is 6.07 Å². The third-order valence-corrected chi connectivity index (χ3v) is 4.89. The van der Waals surface area contributed by atoms with Crippen LogP contribution >= 0.6 is 0 Å². The van der Waals surface area contributed by atoms with Crippen molar-refractivity contribution in [2.24, 2.45) is 5.92 Å². The summed E-state index contributed by atoms with van der Waals surface area (Å²) >= 11 is 0. The fourth-order valence-corrected chi connectivity index (χ4v) is 3.32. The van der Waals surface area contributed by atoms with Gasteiger partial charge in [0.2, 0.25) is 0 Å². The van der Waals surface area contributed by atoms with Gasteiger partial charge in [0, 0.05) is 6.20 Å². The number of hydrogen-bond donors (Lipinski definition) is 2. The second kappa shape index (κ2) is 7.73. The third-order valence-electron chi connectivity index (χ3n) is 4.89. The van der Waals surface area contributed by atoms with Crippen molar-refractivity contribution in [1.29, 1.82) is 0 Å². The topological polar surface area (TPSA) is 115 Å². The summed E-state index contributed by atoms with van der Waals surface area (Å²) in [5, 5.41) is 20.3. The Balaban J connectivity index is 1.58. The number of carbonyl (C=O) groups excluding carboxylic acids is 1. The maximum atomic E-state index is 12.9. The van der Waals surface area contributed by atoms with Gasteiger partial charge in [0.15, 0.2) is 0 Å². The van der Waals surface area contributed by atoms with Crippen molar-refractivity contribution in [3.63, 3.8) is 0 Å². The smallest absolute Gasteiger partial charge is 0.270 e. The predicted octanol–water partition coefficient (Wildman–Crippen LogP) is 1.31. The van der Waals surface area contributed by atoms with E-state index in [0.717, 1.165) is 5.56 Å². The molecular formula is C19H20N6O3. The van der Waals surface area contributed by atoms with E-state index in [2.05, 4.69) is 25.5 Å². The summed E-state index contributed by atoms with van der Waals surface area (Å²) in [5.74, 6) is 0.985. The van der Waals surface area contributed by atoms with Crippen LogP contribution in [0.4, 0.5) is 0 Å². The number of rotatable bonds is 6. The number of carbonyl (C=O) groups is 1. The van der Waals surface area contributed by atoms with E-state index in [-0.39, 0.29) is 29.7 Å². The standard InChI is InChI=1S/C19H20N6O3/c1-28-15-7-13(8-20-9-15)18(12-5-14(26)6-12)24-19(27)16-3-2-4-17(23-16)25-10-21-22-11-25/h2-4,7-12,14,18,26H,5-6H2,1H3,(H,24,27). The molecule has 0 aliphatic heterocycles. The first-order valence-corrected chi connectivity index (χ1v) is 8.94. The minimum absolute atomic E-state index is 0.119. The van der Waals surface area contributed by atoms with Crippen molar-refractivity contribution in [1.82, 2.24) is 30.0 Å². The van der Waals surface area contributed by atoms with E-state index in [0.29, 0.717) is 24.4 Å². The van der Waals surface area contributed by atoms with Gasteiger partial charge in [-0.2, -0.15) is 0 Å². The van der Waals surface area contributed by atoms with E-state index < -0.39 is 0 Å². The summed E-state index contributed by atoms with van der Waals surface area (Å²) in [7, 11) is 1.57. The normalized spacial score (nSPS) is 19.5. The van der Waals surface area contributed by atoms with Gasteiger partial charge in [-0.3, -0.25) is 14.3 Å². The summed E-state index contributed by atoms with van der Waals surface area (Å²) in [6.45, 7) is 0. The van der Waals surface area contributed by atoms with E-state index >= 15 is 0 Å². The zero-order chi connectivity index (χ0) is 19.5. The lowest BCUT2D eigenvalue weighted by Gasteiger charge is -2.38. The molecule has 9 heteroatoms. The van der Waals surface area contributed by atoms with E-state index in [1.54, 1.807) is 42.3 Å². The molecule has 1 saturated carbocycles. The molecule has 2 N–H and O–H groups in total. The molecule has 3 heterocycles. The summed E-state index contributed by atoms with van der Waals surface area (Å²) in [6, 6.07) is 6.74. The number of nitrogens with zero attached hydrogens (tertiary/aromatic N) is 5. The Morgan fingerprint density at radius 1 is 1.29 bits per heavy atom. The number of pyridine rings is 2. The van der Waals surface area contributed by atoms with Gasteiger partial charge in [0.25, 0.3) is 5.91 Å². The fourth-order valence-electron chi connectivity index (χ4n) is 3.32. The maximum Gasteiger partial charge on any atom is 0.270 e. The maximum absolute atomic E-state index is 12.9. The molecule has 9 nitrogen and oxygen atoms in total. The van der Waals surface area contributed by atoms with E-state index in [9.17, 15) is 9.90 Å². The number of hydrogen-bond acceptors (Lipinski definition) is 7. The first-order valence-electron chi connectivity index (χ1n) is 8.94. The van der Waals surface area contributed by atoms with E-state index in [4.69, 9.17) is 4.74 Å². The molecule has 28 heavy (non-hydrogen) atoms. The quantitative estimate of drug-likeness (QED) is 0.662. The first kappa shape index (κ1) is 18.1. The highest BCUT2D eigenvalue weighted by Gasteiger charge is 2.36. The summed E-state index contributed by atoms with van der Waals surface area (Å²) in [4.78, 5) is 21.5. The number of aliphatic hydroxyl groups is 1. The molecular weight excluding hydrogens is 360 g/mol. The van der Waals surface area contributed by atoms with Crippen LogP contribution in [-0.2, 0) is 0 Å². The van der Waals surface area contributed by atoms with Crippen LogP contribution in [0.2, 0.25) is 0 Å². The van der Waals surface area contributed by atoms with Gasteiger partial charge in [-0.05, 0) is 42.5 Å². The average Bonchev–Trinajstić information content (AvgIpc) is 3.25. The minimum Gasteiger partial charge on any atom is -0.495 e. The molecule has 0 radical (unpaired) electrons. The van der Waals surface area contributed by atoms with E-state index in [1.165, 1.54) is 12.7 Å². The Kier molecular flexibility index (Phi) is 4.98. The number of ether oxygens (including phenoxy) is 1. The molecule has 1 fully saturated rings. The number of amides is 1. The molecule has 0 saturated heterocycles. The Bertz CT molecular complexity index is 956. The fraction of sp³-hybridized carbons (Fsp3) is 0.316. The molecule has 3 aromatic rings. The largest absolute Gasteiger partial charge is 0.495 e. The SMILES string of the molecule is COc1cncc(C(NC(=O)c2cccc(-n3cnnc3)n2)C2CC(O)C2)c1. The third kappa shape index (κ3) is 3.70. The van der Waals surface area contributed by atoms with Gasteiger partial charge < -0.3 is 15.2 Å².